The maximum Gasteiger partial charge on any atom is 0.340 e. The molecule has 0 atom stereocenters. The van der Waals surface area contributed by atoms with E-state index in [0.717, 1.165) is 46.8 Å². The third kappa shape index (κ3) is 6.29. The molecule has 224 valence electrons. The Bertz CT molecular complexity index is 1810. The van der Waals surface area contributed by atoms with Crippen LogP contribution in [0.5, 0.6) is 11.6 Å². The van der Waals surface area contributed by atoms with Crippen LogP contribution >= 0.6 is 0 Å². The number of benzene rings is 3. The number of carbonyl (C=O) groups is 1. The molecule has 0 saturated carbocycles. The van der Waals surface area contributed by atoms with Crippen LogP contribution in [0.4, 0.5) is 11.4 Å². The number of nitrogens with zero attached hydrogens (tertiary/aromatic N) is 4. The van der Waals surface area contributed by atoms with Gasteiger partial charge in [0.05, 0.1) is 29.1 Å². The van der Waals surface area contributed by atoms with Crippen molar-refractivity contribution in [1.29, 1.82) is 5.26 Å². The monoisotopic (exact) mass is 587 g/mol. The fourth-order valence-corrected chi connectivity index (χ4v) is 5.25. The molecule has 0 aliphatic carbocycles. The molecule has 0 fully saturated rings. The van der Waals surface area contributed by atoms with Gasteiger partial charge in [-0.05, 0) is 82.4 Å². The molecule has 44 heavy (non-hydrogen) atoms. The second-order valence-corrected chi connectivity index (χ2v) is 10.6. The van der Waals surface area contributed by atoms with Crippen LogP contribution < -0.4 is 10.1 Å². The highest BCUT2D eigenvalue weighted by Crippen LogP contribution is 2.36. The molecule has 0 radical (unpaired) electrons. The summed E-state index contributed by atoms with van der Waals surface area (Å²) < 4.78 is 14.0. The summed E-state index contributed by atoms with van der Waals surface area (Å²) in [7, 11) is 0. The van der Waals surface area contributed by atoms with Gasteiger partial charge in [0.1, 0.15) is 17.4 Å². The second-order valence-electron chi connectivity index (χ2n) is 10.6. The van der Waals surface area contributed by atoms with E-state index in [1.807, 2.05) is 56.3 Å². The normalized spacial score (nSPS) is 11.0. The Morgan fingerprint density at radius 3 is 2.27 bits per heavy atom. The van der Waals surface area contributed by atoms with Crippen LogP contribution in [0.25, 0.3) is 16.6 Å². The van der Waals surface area contributed by atoms with E-state index in [2.05, 4.69) is 70.9 Å². The van der Waals surface area contributed by atoms with Gasteiger partial charge in [0, 0.05) is 29.5 Å². The molecule has 5 rings (SSSR count). The topological polar surface area (TPSA) is 92.4 Å². The highest BCUT2D eigenvalue weighted by atomic mass is 16.5. The fourth-order valence-electron chi connectivity index (χ4n) is 5.25. The van der Waals surface area contributed by atoms with Crippen LogP contribution in [-0.4, -0.2) is 40.1 Å². The average molecular weight is 588 g/mol. The summed E-state index contributed by atoms with van der Waals surface area (Å²) in [5.41, 5.74) is 7.17. The molecule has 3 aromatic carbocycles. The Balaban J connectivity index is 1.63. The molecular weight excluding hydrogens is 550 g/mol. The number of nitriles is 1. The number of ether oxygens (including phenoxy) is 2. The van der Waals surface area contributed by atoms with Crippen LogP contribution in [0.1, 0.15) is 53.5 Å². The molecule has 0 bridgehead atoms. The van der Waals surface area contributed by atoms with Crippen molar-refractivity contribution in [3.8, 4) is 23.4 Å². The summed E-state index contributed by atoms with van der Waals surface area (Å²) >= 11 is 0. The first-order valence-corrected chi connectivity index (χ1v) is 14.9. The number of aryl methyl sites for hydroxylation is 2. The standard InChI is InChI=1S/C36H37N5O3/c1-6-40(7-2)23-33-34(36(42)43-8-3)29-21-28(17-18-32(29)41(33)27-15-11-25(5)12-16-27)44-35-30(22-37)31(19-20-38-35)39-26-13-9-24(4)10-14-26/h9-21H,6-8,23H2,1-5H3,(H,38,39). The Morgan fingerprint density at radius 2 is 1.64 bits per heavy atom. The molecule has 0 aliphatic heterocycles. The van der Waals surface area contributed by atoms with Crippen molar-refractivity contribution in [2.75, 3.05) is 25.0 Å². The highest BCUT2D eigenvalue weighted by molar-refractivity contribution is 6.07. The zero-order chi connectivity index (χ0) is 31.2. The summed E-state index contributed by atoms with van der Waals surface area (Å²) in [6.45, 7) is 12.6. The molecular formula is C36H37N5O3. The van der Waals surface area contributed by atoms with Gasteiger partial charge >= 0.3 is 5.97 Å². The molecule has 8 nitrogen and oxygen atoms in total. The smallest absolute Gasteiger partial charge is 0.340 e. The number of hydrogen-bond donors (Lipinski definition) is 1. The fraction of sp³-hybridized carbons (Fsp3) is 0.250. The van der Waals surface area contributed by atoms with Crippen LogP contribution in [0.15, 0.2) is 79.0 Å². The maximum atomic E-state index is 13.6. The molecule has 0 amide bonds. The van der Waals surface area contributed by atoms with Gasteiger partial charge < -0.3 is 19.4 Å². The van der Waals surface area contributed by atoms with Gasteiger partial charge in [-0.2, -0.15) is 5.26 Å². The van der Waals surface area contributed by atoms with E-state index in [0.29, 0.717) is 28.9 Å². The van der Waals surface area contributed by atoms with Gasteiger partial charge in [-0.3, -0.25) is 4.90 Å². The van der Waals surface area contributed by atoms with E-state index in [1.165, 1.54) is 0 Å². The van der Waals surface area contributed by atoms with E-state index in [9.17, 15) is 10.1 Å². The van der Waals surface area contributed by atoms with Crippen LogP contribution in [0, 0.1) is 25.2 Å². The molecule has 2 heterocycles. The third-order valence-corrected chi connectivity index (χ3v) is 7.65. The first-order valence-electron chi connectivity index (χ1n) is 14.9. The average Bonchev–Trinajstić information content (AvgIpc) is 3.34. The third-order valence-electron chi connectivity index (χ3n) is 7.65. The number of esters is 1. The lowest BCUT2D eigenvalue weighted by Gasteiger charge is -2.21. The predicted octanol–water partition coefficient (Wildman–Crippen LogP) is 8.07. The largest absolute Gasteiger partial charge is 0.462 e. The van der Waals surface area contributed by atoms with E-state index in [-0.39, 0.29) is 24.0 Å². The summed E-state index contributed by atoms with van der Waals surface area (Å²) in [5.74, 6) is 0.237. The molecule has 8 heteroatoms. The second kappa shape index (κ2) is 13.4. The van der Waals surface area contributed by atoms with Crippen LogP contribution in [-0.2, 0) is 11.3 Å². The lowest BCUT2D eigenvalue weighted by atomic mass is 10.1. The van der Waals surface area contributed by atoms with Gasteiger partial charge in [-0.25, -0.2) is 9.78 Å². The number of anilines is 2. The minimum absolute atomic E-state index is 0.169. The quantitative estimate of drug-likeness (QED) is 0.156. The minimum Gasteiger partial charge on any atom is -0.462 e. The zero-order valence-corrected chi connectivity index (χ0v) is 25.8. The van der Waals surface area contributed by atoms with Gasteiger partial charge in [-0.1, -0.05) is 49.2 Å². The van der Waals surface area contributed by atoms with Crippen molar-refractivity contribution in [3.05, 3.63) is 107 Å². The number of hydrogen-bond acceptors (Lipinski definition) is 7. The molecule has 2 aromatic heterocycles. The molecule has 0 unspecified atom stereocenters. The maximum absolute atomic E-state index is 13.6. The number of pyridine rings is 1. The van der Waals surface area contributed by atoms with Gasteiger partial charge in [0.15, 0.2) is 0 Å². The summed E-state index contributed by atoms with van der Waals surface area (Å²) in [6, 6.07) is 25.8. The Hall–Kier alpha value is -5.13. The van der Waals surface area contributed by atoms with Crippen molar-refractivity contribution < 1.29 is 14.3 Å². The van der Waals surface area contributed by atoms with Crippen molar-refractivity contribution in [2.24, 2.45) is 0 Å². The van der Waals surface area contributed by atoms with E-state index in [4.69, 9.17) is 9.47 Å². The van der Waals surface area contributed by atoms with Gasteiger partial charge in [0.2, 0.25) is 5.88 Å². The number of carbonyl (C=O) groups excluding carboxylic acids is 1. The van der Waals surface area contributed by atoms with Crippen molar-refractivity contribution in [1.82, 2.24) is 14.5 Å². The van der Waals surface area contributed by atoms with E-state index in [1.54, 1.807) is 12.3 Å². The molecule has 0 spiro atoms. The molecule has 1 N–H and O–H groups in total. The Morgan fingerprint density at radius 1 is 0.955 bits per heavy atom. The molecule has 5 aromatic rings. The summed E-state index contributed by atoms with van der Waals surface area (Å²) in [5, 5.41) is 14.1. The Labute approximate surface area is 258 Å². The molecule has 0 saturated heterocycles. The van der Waals surface area contributed by atoms with E-state index < -0.39 is 0 Å². The number of aromatic nitrogens is 2. The number of fused-ring (bicyclic) bond motifs is 1. The lowest BCUT2D eigenvalue weighted by molar-refractivity contribution is 0.0526. The minimum atomic E-state index is -0.386. The van der Waals surface area contributed by atoms with Crippen LogP contribution in [0.3, 0.4) is 0 Å². The summed E-state index contributed by atoms with van der Waals surface area (Å²) in [6.07, 6.45) is 1.60. The van der Waals surface area contributed by atoms with Crippen LogP contribution in [0.2, 0.25) is 0 Å². The SMILES string of the molecule is CCOC(=O)c1c(CN(CC)CC)n(-c2ccc(C)cc2)c2ccc(Oc3nccc(Nc4ccc(C)cc4)c3C#N)cc12. The van der Waals surface area contributed by atoms with Gasteiger partial charge in [0.25, 0.3) is 0 Å². The predicted molar refractivity (Wildman–Crippen MR) is 174 cm³/mol. The zero-order valence-electron chi connectivity index (χ0n) is 25.8. The highest BCUT2D eigenvalue weighted by Gasteiger charge is 2.26. The lowest BCUT2D eigenvalue weighted by Crippen LogP contribution is -2.25. The summed E-state index contributed by atoms with van der Waals surface area (Å²) in [4.78, 5) is 20.2. The first-order chi connectivity index (χ1) is 21.4. The van der Waals surface area contributed by atoms with E-state index >= 15 is 0 Å². The molecule has 0 aliphatic rings. The Kier molecular flexibility index (Phi) is 9.27. The van der Waals surface area contributed by atoms with Crippen molar-refractivity contribution >= 4 is 28.2 Å². The number of nitrogens with one attached hydrogen (secondary N) is 1. The van der Waals surface area contributed by atoms with Gasteiger partial charge in [-0.15, -0.1) is 0 Å². The number of rotatable bonds is 11. The van der Waals surface area contributed by atoms with Crippen molar-refractivity contribution in [3.63, 3.8) is 0 Å². The first kappa shape index (κ1) is 30.3. The van der Waals surface area contributed by atoms with Crippen molar-refractivity contribution in [2.45, 2.75) is 41.2 Å².